The molecule has 0 spiro atoms. The summed E-state index contributed by atoms with van der Waals surface area (Å²) in [6.07, 6.45) is 0. The minimum absolute atomic E-state index is 0.855. The van der Waals surface area contributed by atoms with E-state index in [1.54, 1.807) is 7.11 Å². The molecule has 0 aliphatic heterocycles. The first kappa shape index (κ1) is 13.8. The van der Waals surface area contributed by atoms with Crippen molar-refractivity contribution in [3.8, 4) is 17.1 Å². The molecule has 0 N–H and O–H groups in total. The van der Waals surface area contributed by atoms with Gasteiger partial charge in [0, 0.05) is 18.0 Å². The van der Waals surface area contributed by atoms with E-state index in [1.165, 1.54) is 16.3 Å². The Morgan fingerprint density at radius 3 is 2.48 bits per heavy atom. The zero-order chi connectivity index (χ0) is 16.0. The minimum Gasteiger partial charge on any atom is -0.497 e. The van der Waals surface area contributed by atoms with Gasteiger partial charge < -0.3 is 9.30 Å². The maximum atomic E-state index is 5.24. The molecule has 0 atom stereocenters. The van der Waals surface area contributed by atoms with Crippen molar-refractivity contribution in [3.63, 3.8) is 0 Å². The monoisotopic (exact) mass is 302 g/mol. The fourth-order valence-electron chi connectivity index (χ4n) is 3.10. The van der Waals surface area contributed by atoms with Crippen LogP contribution in [0.3, 0.4) is 0 Å². The standard InChI is InChI=1S/C20H18N2O/c1-13-4-10-17-15(12-13)7-11-18-19(17)21-20(22(18)2)14-5-8-16(23-3)9-6-14/h4-12H,1-3H3. The molecule has 0 fully saturated rings. The molecule has 1 aromatic heterocycles. The van der Waals surface area contributed by atoms with Crippen LogP contribution in [0.5, 0.6) is 5.75 Å². The number of aryl methyl sites for hydroxylation is 2. The van der Waals surface area contributed by atoms with Crippen molar-refractivity contribution in [2.75, 3.05) is 7.11 Å². The molecule has 0 amide bonds. The summed E-state index contributed by atoms with van der Waals surface area (Å²) in [5.41, 5.74) is 4.55. The van der Waals surface area contributed by atoms with Crippen molar-refractivity contribution in [2.45, 2.75) is 6.92 Å². The van der Waals surface area contributed by atoms with E-state index in [0.29, 0.717) is 0 Å². The highest BCUT2D eigenvalue weighted by Crippen LogP contribution is 2.30. The molecular weight excluding hydrogens is 284 g/mol. The number of hydrogen-bond donors (Lipinski definition) is 0. The number of methoxy groups -OCH3 is 1. The highest BCUT2D eigenvalue weighted by Gasteiger charge is 2.12. The molecule has 0 radical (unpaired) electrons. The summed E-state index contributed by atoms with van der Waals surface area (Å²) in [6, 6.07) is 18.9. The Morgan fingerprint density at radius 2 is 1.74 bits per heavy atom. The quantitative estimate of drug-likeness (QED) is 0.536. The van der Waals surface area contributed by atoms with Gasteiger partial charge in [-0.1, -0.05) is 29.8 Å². The normalized spacial score (nSPS) is 11.3. The Kier molecular flexibility index (Phi) is 3.08. The molecule has 4 aromatic rings. The second-order valence-corrected chi connectivity index (χ2v) is 5.88. The molecule has 0 aliphatic rings. The molecule has 23 heavy (non-hydrogen) atoms. The summed E-state index contributed by atoms with van der Waals surface area (Å²) in [7, 11) is 3.74. The van der Waals surface area contributed by atoms with Crippen molar-refractivity contribution < 1.29 is 4.74 Å². The van der Waals surface area contributed by atoms with Gasteiger partial charge in [0.2, 0.25) is 0 Å². The van der Waals surface area contributed by atoms with E-state index in [1.807, 2.05) is 24.3 Å². The van der Waals surface area contributed by atoms with E-state index in [4.69, 9.17) is 9.72 Å². The van der Waals surface area contributed by atoms with Gasteiger partial charge in [-0.25, -0.2) is 4.98 Å². The van der Waals surface area contributed by atoms with E-state index in [0.717, 1.165) is 28.2 Å². The lowest BCUT2D eigenvalue weighted by atomic mass is 10.1. The molecule has 0 aliphatic carbocycles. The highest BCUT2D eigenvalue weighted by atomic mass is 16.5. The van der Waals surface area contributed by atoms with Crippen LogP contribution in [-0.2, 0) is 7.05 Å². The molecule has 0 unspecified atom stereocenters. The molecule has 1 heterocycles. The number of nitrogens with zero attached hydrogens (tertiary/aromatic N) is 2. The van der Waals surface area contributed by atoms with Gasteiger partial charge in [0.05, 0.1) is 18.1 Å². The van der Waals surface area contributed by atoms with Gasteiger partial charge in [-0.3, -0.25) is 0 Å². The predicted octanol–water partition coefficient (Wildman–Crippen LogP) is 4.71. The number of aromatic nitrogens is 2. The van der Waals surface area contributed by atoms with Gasteiger partial charge in [-0.2, -0.15) is 0 Å². The SMILES string of the molecule is COc1ccc(-c2nc3c4ccc(C)cc4ccc3n2C)cc1. The molecular formula is C20H18N2O. The van der Waals surface area contributed by atoms with Crippen molar-refractivity contribution >= 4 is 21.8 Å². The van der Waals surface area contributed by atoms with Crippen molar-refractivity contribution in [3.05, 3.63) is 60.2 Å². The van der Waals surface area contributed by atoms with E-state index in [9.17, 15) is 0 Å². The van der Waals surface area contributed by atoms with Crippen LogP contribution < -0.4 is 4.74 Å². The summed E-state index contributed by atoms with van der Waals surface area (Å²) in [5.74, 6) is 1.82. The number of rotatable bonds is 2. The maximum Gasteiger partial charge on any atom is 0.140 e. The molecule has 3 nitrogen and oxygen atoms in total. The highest BCUT2D eigenvalue weighted by molar-refractivity contribution is 6.05. The summed E-state index contributed by atoms with van der Waals surface area (Å²) in [4.78, 5) is 4.92. The molecule has 3 aromatic carbocycles. The van der Waals surface area contributed by atoms with Crippen molar-refractivity contribution in [2.24, 2.45) is 7.05 Å². The molecule has 0 bridgehead atoms. The zero-order valence-electron chi connectivity index (χ0n) is 13.5. The number of fused-ring (bicyclic) bond motifs is 3. The number of ether oxygens (including phenoxy) is 1. The van der Waals surface area contributed by atoms with Crippen LogP contribution in [0.15, 0.2) is 54.6 Å². The second kappa shape index (κ2) is 5.13. The molecule has 114 valence electrons. The molecule has 4 rings (SSSR count). The lowest BCUT2D eigenvalue weighted by Crippen LogP contribution is -1.92. The van der Waals surface area contributed by atoms with Crippen LogP contribution in [-0.4, -0.2) is 16.7 Å². The number of hydrogen-bond acceptors (Lipinski definition) is 2. The Morgan fingerprint density at radius 1 is 0.957 bits per heavy atom. The van der Waals surface area contributed by atoms with Gasteiger partial charge in [0.25, 0.3) is 0 Å². The first-order chi connectivity index (χ1) is 11.2. The second-order valence-electron chi connectivity index (χ2n) is 5.88. The lowest BCUT2D eigenvalue weighted by molar-refractivity contribution is 0.415. The third-order valence-electron chi connectivity index (χ3n) is 4.37. The number of imidazole rings is 1. The average Bonchev–Trinajstić information content (AvgIpc) is 2.92. The van der Waals surface area contributed by atoms with Crippen LogP contribution in [0, 0.1) is 6.92 Å². The van der Waals surface area contributed by atoms with Gasteiger partial charge in [0.15, 0.2) is 0 Å². The summed E-state index contributed by atoms with van der Waals surface area (Å²) >= 11 is 0. The topological polar surface area (TPSA) is 27.1 Å². The Hall–Kier alpha value is -2.81. The number of benzene rings is 3. The van der Waals surface area contributed by atoms with E-state index < -0.39 is 0 Å². The Balaban J connectivity index is 1.97. The Bertz CT molecular complexity index is 1010. The van der Waals surface area contributed by atoms with Crippen LogP contribution in [0.2, 0.25) is 0 Å². The maximum absolute atomic E-state index is 5.24. The van der Waals surface area contributed by atoms with Crippen molar-refractivity contribution in [1.29, 1.82) is 0 Å². The Labute approximate surface area is 135 Å². The van der Waals surface area contributed by atoms with Crippen LogP contribution >= 0.6 is 0 Å². The zero-order valence-corrected chi connectivity index (χ0v) is 13.5. The van der Waals surface area contributed by atoms with Crippen LogP contribution in [0.25, 0.3) is 33.2 Å². The fourth-order valence-corrected chi connectivity index (χ4v) is 3.10. The summed E-state index contributed by atoms with van der Waals surface area (Å²) in [6.45, 7) is 2.12. The summed E-state index contributed by atoms with van der Waals surface area (Å²) < 4.78 is 7.39. The van der Waals surface area contributed by atoms with Crippen LogP contribution in [0.4, 0.5) is 0 Å². The minimum atomic E-state index is 0.855. The summed E-state index contributed by atoms with van der Waals surface area (Å²) in [5, 5.41) is 2.43. The third kappa shape index (κ3) is 2.16. The van der Waals surface area contributed by atoms with Gasteiger partial charge in [-0.15, -0.1) is 0 Å². The van der Waals surface area contributed by atoms with Crippen molar-refractivity contribution in [1.82, 2.24) is 9.55 Å². The first-order valence-corrected chi connectivity index (χ1v) is 7.67. The fraction of sp³-hybridized carbons (Fsp3) is 0.150. The van der Waals surface area contributed by atoms with Gasteiger partial charge >= 0.3 is 0 Å². The van der Waals surface area contributed by atoms with E-state index >= 15 is 0 Å². The van der Waals surface area contributed by atoms with Gasteiger partial charge in [0.1, 0.15) is 11.6 Å². The molecule has 0 saturated heterocycles. The first-order valence-electron chi connectivity index (χ1n) is 7.67. The smallest absolute Gasteiger partial charge is 0.140 e. The third-order valence-corrected chi connectivity index (χ3v) is 4.37. The average molecular weight is 302 g/mol. The lowest BCUT2D eigenvalue weighted by Gasteiger charge is -2.04. The van der Waals surface area contributed by atoms with E-state index in [-0.39, 0.29) is 0 Å². The molecule has 3 heteroatoms. The van der Waals surface area contributed by atoms with E-state index in [2.05, 4.69) is 48.9 Å². The molecule has 0 saturated carbocycles. The predicted molar refractivity (Wildman–Crippen MR) is 94.9 cm³/mol. The van der Waals surface area contributed by atoms with Gasteiger partial charge in [-0.05, 0) is 42.6 Å². The largest absolute Gasteiger partial charge is 0.497 e. The van der Waals surface area contributed by atoms with Crippen LogP contribution in [0.1, 0.15) is 5.56 Å².